The molecule has 0 heterocycles. The van der Waals surface area contributed by atoms with Crippen LogP contribution in [0.1, 0.15) is 232 Å². The Morgan fingerprint density at radius 1 is 0.565 bits per heavy atom. The molecule has 3 unspecified atom stereocenters. The van der Waals surface area contributed by atoms with Crippen molar-refractivity contribution < 1.29 is 32.9 Å². The number of phosphoric ester groups is 1. The first-order chi connectivity index (χ1) is 30.0. The lowest BCUT2D eigenvalue weighted by Gasteiger charge is -2.29. The summed E-state index contributed by atoms with van der Waals surface area (Å²) in [6, 6.07) is -0.908. The van der Waals surface area contributed by atoms with Gasteiger partial charge < -0.3 is 28.8 Å². The van der Waals surface area contributed by atoms with Gasteiger partial charge in [-0.3, -0.25) is 9.36 Å². The van der Waals surface area contributed by atoms with Gasteiger partial charge in [0, 0.05) is 6.42 Å². The Bertz CT molecular complexity index is 1150. The minimum Gasteiger partial charge on any atom is -0.756 e. The number of aliphatic hydroxyl groups is 1. The van der Waals surface area contributed by atoms with Crippen molar-refractivity contribution in [2.45, 2.75) is 244 Å². The minimum atomic E-state index is -4.60. The summed E-state index contributed by atoms with van der Waals surface area (Å²) in [6.07, 6.45) is 57.4. The van der Waals surface area contributed by atoms with E-state index < -0.39 is 26.6 Å². The molecule has 0 aliphatic carbocycles. The van der Waals surface area contributed by atoms with Crippen molar-refractivity contribution in [2.24, 2.45) is 0 Å². The number of phosphoric acid groups is 1. The molecule has 0 aromatic rings. The predicted octanol–water partition coefficient (Wildman–Crippen LogP) is 14.6. The van der Waals surface area contributed by atoms with Gasteiger partial charge in [0.05, 0.1) is 39.9 Å². The van der Waals surface area contributed by atoms with Crippen molar-refractivity contribution in [3.8, 4) is 0 Å². The largest absolute Gasteiger partial charge is 0.756 e. The molecular formula is C53H101N2O6P. The highest BCUT2D eigenvalue weighted by atomic mass is 31.2. The highest BCUT2D eigenvalue weighted by Gasteiger charge is 2.23. The first-order valence-corrected chi connectivity index (χ1v) is 27.5. The maximum Gasteiger partial charge on any atom is 0.268 e. The van der Waals surface area contributed by atoms with Crippen LogP contribution in [0.3, 0.4) is 0 Å². The number of carbonyl (C=O) groups excluding carboxylic acids is 1. The average Bonchev–Trinajstić information content (AvgIpc) is 3.23. The van der Waals surface area contributed by atoms with Crippen molar-refractivity contribution in [1.29, 1.82) is 0 Å². The first-order valence-electron chi connectivity index (χ1n) is 26.0. The van der Waals surface area contributed by atoms with Crippen LogP contribution in [0.25, 0.3) is 0 Å². The highest BCUT2D eigenvalue weighted by molar-refractivity contribution is 7.45. The van der Waals surface area contributed by atoms with Crippen LogP contribution >= 0.6 is 7.82 Å². The monoisotopic (exact) mass is 893 g/mol. The van der Waals surface area contributed by atoms with E-state index in [-0.39, 0.29) is 12.5 Å². The lowest BCUT2D eigenvalue weighted by Crippen LogP contribution is -2.45. The summed E-state index contributed by atoms with van der Waals surface area (Å²) >= 11 is 0. The van der Waals surface area contributed by atoms with Crippen LogP contribution in [0.4, 0.5) is 0 Å². The Kier molecular flexibility index (Phi) is 43.5. The van der Waals surface area contributed by atoms with E-state index in [9.17, 15) is 19.4 Å². The molecule has 1 amide bonds. The highest BCUT2D eigenvalue weighted by Crippen LogP contribution is 2.38. The van der Waals surface area contributed by atoms with E-state index in [0.717, 1.165) is 57.8 Å². The Morgan fingerprint density at radius 3 is 1.42 bits per heavy atom. The molecule has 0 aliphatic heterocycles. The fourth-order valence-corrected chi connectivity index (χ4v) is 8.10. The zero-order valence-corrected chi connectivity index (χ0v) is 42.2. The van der Waals surface area contributed by atoms with Crippen molar-refractivity contribution in [3.63, 3.8) is 0 Å². The molecular weight excluding hydrogens is 792 g/mol. The number of amides is 1. The number of allylic oxidation sites excluding steroid dienone is 7. The standard InChI is InChI=1S/C53H101N2O6P/c1-6-8-10-12-14-16-18-20-22-24-26-27-28-29-30-32-34-36-38-40-42-44-46-52(56)51(50-61-62(58,59)60-49-48-55(3,4)5)54-53(57)47-45-43-41-39-37-35-33-31-25-23-21-19-17-15-13-11-9-7-2/h17,19,23,25,36,38,44,46,51-52,56H,6-16,18,20-22,24,26-35,37,39-43,45,47-50H2,1-5H3,(H-,54,57,58,59)/b19-17-,25-23-,38-36+,46-44+. The van der Waals surface area contributed by atoms with Crippen LogP contribution in [0.15, 0.2) is 48.6 Å². The summed E-state index contributed by atoms with van der Waals surface area (Å²) in [4.78, 5) is 25.4. The van der Waals surface area contributed by atoms with Crippen molar-refractivity contribution in [2.75, 3.05) is 40.9 Å². The maximum absolute atomic E-state index is 12.9. The molecule has 0 radical (unpaired) electrons. The second-order valence-corrected chi connectivity index (χ2v) is 20.3. The van der Waals surface area contributed by atoms with E-state index in [0.29, 0.717) is 17.4 Å². The topological polar surface area (TPSA) is 108 Å². The fraction of sp³-hybridized carbons (Fsp3) is 0.830. The molecule has 0 aliphatic rings. The molecule has 62 heavy (non-hydrogen) atoms. The molecule has 364 valence electrons. The van der Waals surface area contributed by atoms with Crippen LogP contribution in [0, 0.1) is 0 Å². The Morgan fingerprint density at radius 2 is 0.952 bits per heavy atom. The molecule has 2 N–H and O–H groups in total. The third kappa shape index (κ3) is 46.5. The second kappa shape index (κ2) is 44.7. The van der Waals surface area contributed by atoms with Gasteiger partial charge in [-0.25, -0.2) is 0 Å². The quantitative estimate of drug-likeness (QED) is 0.0273. The van der Waals surface area contributed by atoms with Crippen molar-refractivity contribution in [1.82, 2.24) is 5.32 Å². The number of nitrogens with one attached hydrogen (secondary N) is 1. The normalized spacial score (nSPS) is 14.5. The van der Waals surface area contributed by atoms with Gasteiger partial charge in [-0.2, -0.15) is 0 Å². The number of hydrogen-bond donors (Lipinski definition) is 2. The zero-order valence-electron chi connectivity index (χ0n) is 41.3. The number of quaternary nitrogens is 1. The second-order valence-electron chi connectivity index (χ2n) is 18.9. The van der Waals surface area contributed by atoms with E-state index in [2.05, 4.69) is 55.6 Å². The average molecular weight is 893 g/mol. The number of nitrogens with zero attached hydrogens (tertiary/aromatic N) is 1. The van der Waals surface area contributed by atoms with Crippen molar-refractivity contribution in [3.05, 3.63) is 48.6 Å². The van der Waals surface area contributed by atoms with E-state index in [1.54, 1.807) is 6.08 Å². The molecule has 0 fully saturated rings. The molecule has 0 saturated heterocycles. The van der Waals surface area contributed by atoms with Gasteiger partial charge in [0.15, 0.2) is 0 Å². The van der Waals surface area contributed by atoms with Crippen LogP contribution in [0.5, 0.6) is 0 Å². The van der Waals surface area contributed by atoms with Crippen LogP contribution in [-0.2, 0) is 18.4 Å². The molecule has 0 spiro atoms. The summed E-state index contributed by atoms with van der Waals surface area (Å²) in [6.45, 7) is 4.62. The Labute approximate surface area is 384 Å². The van der Waals surface area contributed by atoms with E-state index in [1.807, 2.05) is 27.2 Å². The molecule has 0 rings (SSSR count). The van der Waals surface area contributed by atoms with Crippen LogP contribution in [0.2, 0.25) is 0 Å². The lowest BCUT2D eigenvalue weighted by molar-refractivity contribution is -0.870. The van der Waals surface area contributed by atoms with Gasteiger partial charge in [0.2, 0.25) is 5.91 Å². The number of hydrogen-bond acceptors (Lipinski definition) is 6. The van der Waals surface area contributed by atoms with Gasteiger partial charge in [0.25, 0.3) is 7.82 Å². The van der Waals surface area contributed by atoms with E-state index in [4.69, 9.17) is 9.05 Å². The van der Waals surface area contributed by atoms with Gasteiger partial charge in [-0.1, -0.05) is 210 Å². The lowest BCUT2D eigenvalue weighted by atomic mass is 10.0. The SMILES string of the molecule is CCCCCC/C=C\C/C=C\CCCCCCCCCC(=O)NC(COP(=O)([O-])OCC[N+](C)(C)C)C(O)/C=C/CC/C=C/CCCCCCCCCCCCCCCCCC. The molecule has 9 heteroatoms. The summed E-state index contributed by atoms with van der Waals surface area (Å²) < 4.78 is 23.3. The number of rotatable bonds is 47. The van der Waals surface area contributed by atoms with Crippen molar-refractivity contribution >= 4 is 13.7 Å². The predicted molar refractivity (Wildman–Crippen MR) is 265 cm³/mol. The number of unbranched alkanes of at least 4 members (excludes halogenated alkanes) is 28. The molecule has 0 saturated carbocycles. The zero-order chi connectivity index (χ0) is 45.7. The fourth-order valence-electron chi connectivity index (χ4n) is 7.38. The van der Waals surface area contributed by atoms with Gasteiger partial charge in [-0.15, -0.1) is 0 Å². The Balaban J connectivity index is 4.36. The number of carbonyl (C=O) groups is 1. The third-order valence-electron chi connectivity index (χ3n) is 11.5. The van der Waals surface area contributed by atoms with E-state index in [1.165, 1.54) is 154 Å². The van der Waals surface area contributed by atoms with Crippen LogP contribution in [-0.4, -0.2) is 68.5 Å². The molecule has 3 atom stereocenters. The molecule has 0 aromatic heterocycles. The summed E-state index contributed by atoms with van der Waals surface area (Å²) in [5.74, 6) is -0.215. The Hall–Kier alpha value is -1.54. The van der Waals surface area contributed by atoms with Gasteiger partial charge in [0.1, 0.15) is 13.2 Å². The molecule has 8 nitrogen and oxygen atoms in total. The van der Waals surface area contributed by atoms with E-state index >= 15 is 0 Å². The summed E-state index contributed by atoms with van der Waals surface area (Å²) in [5.41, 5.74) is 0. The van der Waals surface area contributed by atoms with Gasteiger partial charge in [-0.05, 0) is 64.2 Å². The first kappa shape index (κ1) is 60.5. The smallest absolute Gasteiger partial charge is 0.268 e. The molecule has 0 aromatic carbocycles. The summed E-state index contributed by atoms with van der Waals surface area (Å²) in [7, 11) is 1.24. The molecule has 0 bridgehead atoms. The summed E-state index contributed by atoms with van der Waals surface area (Å²) in [5, 5.41) is 13.8. The van der Waals surface area contributed by atoms with Gasteiger partial charge >= 0.3 is 0 Å². The number of aliphatic hydroxyl groups excluding tert-OH is 1. The maximum atomic E-state index is 12.9. The number of likely N-dealkylation sites (N-methyl/N-ethyl adjacent to an activating group) is 1. The van der Waals surface area contributed by atoms with Crippen LogP contribution < -0.4 is 10.2 Å². The minimum absolute atomic E-state index is 0.00895. The third-order valence-corrected chi connectivity index (χ3v) is 12.5.